The molecule has 0 unspecified atom stereocenters. The van der Waals surface area contributed by atoms with E-state index in [9.17, 15) is 13.2 Å². The third kappa shape index (κ3) is 4.36. The highest BCUT2D eigenvalue weighted by molar-refractivity contribution is 5.55. The first-order chi connectivity index (χ1) is 11.9. The third-order valence-electron chi connectivity index (χ3n) is 3.47. The van der Waals surface area contributed by atoms with E-state index in [1.54, 1.807) is 0 Å². The van der Waals surface area contributed by atoms with Crippen molar-refractivity contribution in [1.29, 1.82) is 0 Å². The Morgan fingerprint density at radius 1 is 1.00 bits per heavy atom. The van der Waals surface area contributed by atoms with Gasteiger partial charge in [0.05, 0.1) is 5.69 Å². The van der Waals surface area contributed by atoms with Crippen molar-refractivity contribution in [2.24, 2.45) is 5.73 Å². The van der Waals surface area contributed by atoms with Crippen molar-refractivity contribution in [3.63, 3.8) is 0 Å². The number of benzene rings is 2. The van der Waals surface area contributed by atoms with Gasteiger partial charge in [-0.25, -0.2) is 9.67 Å². The van der Waals surface area contributed by atoms with Crippen molar-refractivity contribution < 1.29 is 17.9 Å². The molecule has 0 aliphatic heterocycles. The van der Waals surface area contributed by atoms with Gasteiger partial charge in [0.25, 0.3) is 0 Å². The van der Waals surface area contributed by atoms with Crippen molar-refractivity contribution in [2.75, 3.05) is 6.54 Å². The molecule has 0 fully saturated rings. The molecular formula is C17H15F3N4O. The maximum absolute atomic E-state index is 12.2. The van der Waals surface area contributed by atoms with Crippen LogP contribution in [0.15, 0.2) is 54.9 Å². The minimum absolute atomic E-state index is 0.285. The number of hydrogen-bond donors (Lipinski definition) is 1. The summed E-state index contributed by atoms with van der Waals surface area (Å²) in [5, 5.41) is 4.35. The third-order valence-corrected chi connectivity index (χ3v) is 3.47. The zero-order chi connectivity index (χ0) is 17.9. The molecule has 1 aromatic heterocycles. The second-order valence-electron chi connectivity index (χ2n) is 5.29. The van der Waals surface area contributed by atoms with Gasteiger partial charge in [0, 0.05) is 5.56 Å². The van der Waals surface area contributed by atoms with Crippen molar-refractivity contribution in [1.82, 2.24) is 14.8 Å². The van der Waals surface area contributed by atoms with Crippen molar-refractivity contribution >= 4 is 0 Å². The van der Waals surface area contributed by atoms with E-state index >= 15 is 0 Å². The fraction of sp³-hybridized carbons (Fsp3) is 0.176. The number of aromatic nitrogens is 3. The normalized spacial score (nSPS) is 11.5. The van der Waals surface area contributed by atoms with Gasteiger partial charge in [-0.05, 0) is 42.8 Å². The minimum Gasteiger partial charge on any atom is -0.406 e. The number of ether oxygens (including phenoxy) is 1. The molecule has 3 rings (SSSR count). The Labute approximate surface area is 141 Å². The van der Waals surface area contributed by atoms with Gasteiger partial charge in [-0.15, -0.1) is 18.3 Å². The average molecular weight is 348 g/mol. The van der Waals surface area contributed by atoms with E-state index in [1.165, 1.54) is 35.3 Å². The van der Waals surface area contributed by atoms with E-state index in [-0.39, 0.29) is 5.75 Å². The highest BCUT2D eigenvalue weighted by atomic mass is 19.4. The number of nitrogens with zero attached hydrogens (tertiary/aromatic N) is 3. The van der Waals surface area contributed by atoms with Gasteiger partial charge < -0.3 is 10.5 Å². The molecule has 1 heterocycles. The summed E-state index contributed by atoms with van der Waals surface area (Å²) in [6, 6.07) is 13.2. The van der Waals surface area contributed by atoms with Crippen molar-refractivity contribution in [3.05, 3.63) is 60.4 Å². The molecule has 8 heteroatoms. The molecule has 0 saturated heterocycles. The van der Waals surface area contributed by atoms with Gasteiger partial charge >= 0.3 is 6.36 Å². The molecule has 0 radical (unpaired) electrons. The van der Waals surface area contributed by atoms with Crippen LogP contribution >= 0.6 is 0 Å². The molecule has 130 valence electrons. The number of alkyl halides is 3. The lowest BCUT2D eigenvalue weighted by molar-refractivity contribution is -0.274. The van der Waals surface area contributed by atoms with E-state index in [1.807, 2.05) is 24.3 Å². The molecular weight excluding hydrogens is 333 g/mol. The molecule has 2 N–H and O–H groups in total. The Kier molecular flexibility index (Phi) is 4.71. The fourth-order valence-corrected chi connectivity index (χ4v) is 2.31. The summed E-state index contributed by atoms with van der Waals surface area (Å²) in [6.45, 7) is 0.584. The Hall–Kier alpha value is -2.87. The van der Waals surface area contributed by atoms with Crippen LogP contribution in [0.3, 0.4) is 0 Å². The highest BCUT2D eigenvalue weighted by Gasteiger charge is 2.30. The van der Waals surface area contributed by atoms with Gasteiger partial charge in [0.1, 0.15) is 12.1 Å². The van der Waals surface area contributed by atoms with Crippen LogP contribution in [0.25, 0.3) is 17.1 Å². The van der Waals surface area contributed by atoms with Gasteiger partial charge in [0.2, 0.25) is 0 Å². The van der Waals surface area contributed by atoms with Crippen LogP contribution < -0.4 is 10.5 Å². The number of nitrogens with two attached hydrogens (primary N) is 1. The maximum Gasteiger partial charge on any atom is 0.573 e. The molecule has 25 heavy (non-hydrogen) atoms. The second-order valence-corrected chi connectivity index (χ2v) is 5.29. The van der Waals surface area contributed by atoms with E-state index in [0.29, 0.717) is 18.1 Å². The van der Waals surface area contributed by atoms with Gasteiger partial charge in [-0.2, -0.15) is 0 Å². The Balaban J connectivity index is 1.76. The van der Waals surface area contributed by atoms with Crippen molar-refractivity contribution in [2.45, 2.75) is 12.8 Å². The van der Waals surface area contributed by atoms with Gasteiger partial charge in [0.15, 0.2) is 5.82 Å². The molecule has 5 nitrogen and oxygen atoms in total. The lowest BCUT2D eigenvalue weighted by Gasteiger charge is -2.09. The van der Waals surface area contributed by atoms with Crippen molar-refractivity contribution in [3.8, 4) is 22.8 Å². The smallest absolute Gasteiger partial charge is 0.406 e. The SMILES string of the molecule is NCCc1ccc(-c2ncn(-c3ccc(OC(F)(F)F)cc3)n2)cc1. The minimum atomic E-state index is -4.71. The maximum atomic E-state index is 12.2. The van der Waals surface area contributed by atoms with Crippen LogP contribution in [0.2, 0.25) is 0 Å². The lowest BCUT2D eigenvalue weighted by Crippen LogP contribution is -2.17. The van der Waals surface area contributed by atoms with Crippen LogP contribution in [-0.2, 0) is 6.42 Å². The summed E-state index contributed by atoms with van der Waals surface area (Å²) in [7, 11) is 0. The molecule has 0 aliphatic rings. The standard InChI is InChI=1S/C17H15F3N4O/c18-17(19,20)25-15-7-5-14(6-8-15)24-11-22-16(23-24)13-3-1-12(2-4-13)9-10-21/h1-8,11H,9-10,21H2. The highest BCUT2D eigenvalue weighted by Crippen LogP contribution is 2.24. The Morgan fingerprint density at radius 3 is 2.28 bits per heavy atom. The molecule has 0 atom stereocenters. The zero-order valence-electron chi connectivity index (χ0n) is 13.1. The molecule has 3 aromatic rings. The molecule has 2 aromatic carbocycles. The number of rotatable bonds is 5. The van der Waals surface area contributed by atoms with Gasteiger partial charge in [-0.3, -0.25) is 0 Å². The quantitative estimate of drug-likeness (QED) is 0.768. The summed E-state index contributed by atoms with van der Waals surface area (Å²) in [5.74, 6) is 0.238. The Bertz CT molecular complexity index is 826. The molecule has 0 amide bonds. The molecule has 0 spiro atoms. The van der Waals surface area contributed by atoms with E-state index in [0.717, 1.165) is 17.5 Å². The lowest BCUT2D eigenvalue weighted by atomic mass is 10.1. The summed E-state index contributed by atoms with van der Waals surface area (Å²) in [4.78, 5) is 4.24. The first-order valence-corrected chi connectivity index (χ1v) is 7.52. The van der Waals surface area contributed by atoms with E-state index in [2.05, 4.69) is 14.8 Å². The molecule has 0 bridgehead atoms. The summed E-state index contributed by atoms with van der Waals surface area (Å²) < 4.78 is 41.9. The molecule has 0 saturated carbocycles. The van der Waals surface area contributed by atoms with Crippen LogP contribution in [0.4, 0.5) is 13.2 Å². The zero-order valence-corrected chi connectivity index (χ0v) is 13.1. The number of halogens is 3. The molecule has 0 aliphatic carbocycles. The fourth-order valence-electron chi connectivity index (χ4n) is 2.31. The predicted octanol–water partition coefficient (Wildman–Crippen LogP) is 3.33. The largest absolute Gasteiger partial charge is 0.573 e. The topological polar surface area (TPSA) is 66.0 Å². The predicted molar refractivity (Wildman–Crippen MR) is 86.2 cm³/mol. The van der Waals surface area contributed by atoms with Gasteiger partial charge in [-0.1, -0.05) is 24.3 Å². The summed E-state index contributed by atoms with van der Waals surface area (Å²) in [6.07, 6.45) is -2.41. The summed E-state index contributed by atoms with van der Waals surface area (Å²) in [5.41, 5.74) is 8.07. The summed E-state index contributed by atoms with van der Waals surface area (Å²) >= 11 is 0. The number of hydrogen-bond acceptors (Lipinski definition) is 4. The monoisotopic (exact) mass is 348 g/mol. The van der Waals surface area contributed by atoms with Crippen LogP contribution in [-0.4, -0.2) is 27.7 Å². The van der Waals surface area contributed by atoms with Crippen LogP contribution in [0, 0.1) is 0 Å². The van der Waals surface area contributed by atoms with Crippen LogP contribution in [0.1, 0.15) is 5.56 Å². The second kappa shape index (κ2) is 6.94. The van der Waals surface area contributed by atoms with Crippen LogP contribution in [0.5, 0.6) is 5.75 Å². The van der Waals surface area contributed by atoms with E-state index in [4.69, 9.17) is 5.73 Å². The van der Waals surface area contributed by atoms with E-state index < -0.39 is 6.36 Å². The average Bonchev–Trinajstić information content (AvgIpc) is 3.05. The first kappa shape index (κ1) is 17.0. The Morgan fingerprint density at radius 2 is 1.68 bits per heavy atom. The first-order valence-electron chi connectivity index (χ1n) is 7.52.